The molecule has 0 saturated carbocycles. The van der Waals surface area contributed by atoms with E-state index in [4.69, 9.17) is 16.3 Å². The van der Waals surface area contributed by atoms with E-state index in [9.17, 15) is 13.2 Å². The van der Waals surface area contributed by atoms with E-state index in [1.807, 2.05) is 26.0 Å². The Kier molecular flexibility index (Phi) is 8.00. The second kappa shape index (κ2) is 9.92. The predicted molar refractivity (Wildman–Crippen MR) is 127 cm³/mol. The Labute approximate surface area is 190 Å². The Hall–Kier alpha value is -2.25. The van der Waals surface area contributed by atoms with Crippen molar-refractivity contribution in [3.63, 3.8) is 0 Å². The van der Waals surface area contributed by atoms with E-state index < -0.39 is 15.9 Å². The molecule has 0 aromatic heterocycles. The molecule has 0 aliphatic carbocycles. The molecule has 170 valence electrons. The summed E-state index contributed by atoms with van der Waals surface area (Å²) in [6, 6.07) is 8.66. The van der Waals surface area contributed by atoms with Crippen LogP contribution in [0.2, 0.25) is 5.02 Å². The number of nitrogens with one attached hydrogen (secondary N) is 1. The molecular weight excluding hydrogens is 436 g/mol. The Morgan fingerprint density at radius 1 is 1.10 bits per heavy atom. The molecule has 8 heteroatoms. The van der Waals surface area contributed by atoms with E-state index in [1.54, 1.807) is 32.2 Å². The molecule has 31 heavy (non-hydrogen) atoms. The summed E-state index contributed by atoms with van der Waals surface area (Å²) in [6.07, 6.45) is 1.08. The predicted octanol–water partition coefficient (Wildman–Crippen LogP) is 4.73. The number of rotatable bonds is 8. The highest BCUT2D eigenvalue weighted by molar-refractivity contribution is 7.92. The summed E-state index contributed by atoms with van der Waals surface area (Å²) in [7, 11) is -2.05. The van der Waals surface area contributed by atoms with Gasteiger partial charge in [-0.1, -0.05) is 31.5 Å². The van der Waals surface area contributed by atoms with E-state index in [0.29, 0.717) is 16.3 Å². The van der Waals surface area contributed by atoms with E-state index in [1.165, 1.54) is 0 Å². The number of halogens is 1. The molecule has 2 rings (SSSR count). The average Bonchev–Trinajstić information content (AvgIpc) is 2.66. The number of anilines is 1. The van der Waals surface area contributed by atoms with Gasteiger partial charge in [0.05, 0.1) is 25.1 Å². The second-order valence-electron chi connectivity index (χ2n) is 8.10. The van der Waals surface area contributed by atoms with Gasteiger partial charge in [-0.05, 0) is 73.2 Å². The first-order valence-corrected chi connectivity index (χ1v) is 12.3. The lowest BCUT2D eigenvalue weighted by Crippen LogP contribution is -2.41. The van der Waals surface area contributed by atoms with Crippen LogP contribution < -0.4 is 14.4 Å². The molecule has 0 radical (unpaired) electrons. The fourth-order valence-electron chi connectivity index (χ4n) is 3.54. The van der Waals surface area contributed by atoms with Crippen LogP contribution in [-0.2, 0) is 14.8 Å². The maximum atomic E-state index is 12.8. The summed E-state index contributed by atoms with van der Waals surface area (Å²) in [4.78, 5) is 12.8. The van der Waals surface area contributed by atoms with Gasteiger partial charge >= 0.3 is 0 Å². The van der Waals surface area contributed by atoms with E-state index >= 15 is 0 Å². The number of aryl methyl sites for hydroxylation is 2. The van der Waals surface area contributed by atoms with Gasteiger partial charge in [0.1, 0.15) is 12.3 Å². The van der Waals surface area contributed by atoms with Crippen LogP contribution in [0.4, 0.5) is 5.69 Å². The first-order chi connectivity index (χ1) is 14.3. The molecule has 2 aromatic rings. The fraction of sp³-hybridized carbons (Fsp3) is 0.435. The van der Waals surface area contributed by atoms with Crippen LogP contribution in [0.5, 0.6) is 5.75 Å². The molecule has 0 aliphatic rings. The van der Waals surface area contributed by atoms with Crippen LogP contribution in [0, 0.1) is 13.8 Å². The van der Waals surface area contributed by atoms with Crippen LogP contribution in [0.1, 0.15) is 55.0 Å². The standard InChI is InChI=1S/C23H31ClN2O4S/c1-14(2)19-12-20(16(4)10-22(19)30-6)17(5)25-23(27)13-26(31(7,28)29)21-11-18(24)9-8-15(21)3/h8-12,14,17H,13H2,1-7H3,(H,25,27)/t17-/m0/s1. The monoisotopic (exact) mass is 466 g/mol. The minimum atomic E-state index is -3.69. The number of amides is 1. The number of nitrogens with zero attached hydrogens (tertiary/aromatic N) is 1. The van der Waals surface area contributed by atoms with Crippen LogP contribution in [0.3, 0.4) is 0 Å². The van der Waals surface area contributed by atoms with Gasteiger partial charge in [-0.2, -0.15) is 0 Å². The number of carbonyl (C=O) groups is 1. The Morgan fingerprint density at radius 2 is 1.74 bits per heavy atom. The number of hydrogen-bond acceptors (Lipinski definition) is 4. The highest BCUT2D eigenvalue weighted by Crippen LogP contribution is 2.32. The third kappa shape index (κ3) is 6.14. The zero-order chi connectivity index (χ0) is 23.5. The van der Waals surface area contributed by atoms with Crippen LogP contribution >= 0.6 is 11.6 Å². The minimum absolute atomic E-state index is 0.253. The molecule has 1 N–H and O–H groups in total. The normalized spacial score (nSPS) is 12.5. The van der Waals surface area contributed by atoms with Crippen molar-refractivity contribution in [1.82, 2.24) is 5.32 Å². The molecule has 1 amide bonds. The van der Waals surface area contributed by atoms with E-state index in [-0.39, 0.29) is 18.5 Å². The Morgan fingerprint density at radius 3 is 2.29 bits per heavy atom. The first-order valence-electron chi connectivity index (χ1n) is 10.1. The van der Waals surface area contributed by atoms with Crippen LogP contribution in [-0.4, -0.2) is 34.2 Å². The topological polar surface area (TPSA) is 75.7 Å². The summed E-state index contributed by atoms with van der Waals surface area (Å²) < 4.78 is 31.4. The summed E-state index contributed by atoms with van der Waals surface area (Å²) in [5.74, 6) is 0.664. The van der Waals surface area contributed by atoms with Gasteiger partial charge in [0.2, 0.25) is 15.9 Å². The molecule has 0 aliphatic heterocycles. The van der Waals surface area contributed by atoms with Crippen LogP contribution in [0.15, 0.2) is 30.3 Å². The van der Waals surface area contributed by atoms with E-state index in [2.05, 4.69) is 19.2 Å². The first kappa shape index (κ1) is 25.0. The minimum Gasteiger partial charge on any atom is -0.496 e. The van der Waals surface area contributed by atoms with Crippen LogP contribution in [0.25, 0.3) is 0 Å². The third-order valence-electron chi connectivity index (χ3n) is 5.21. The summed E-state index contributed by atoms with van der Waals surface area (Å²) in [5, 5.41) is 3.33. The lowest BCUT2D eigenvalue weighted by molar-refractivity contribution is -0.120. The van der Waals surface area contributed by atoms with Crippen molar-refractivity contribution in [3.8, 4) is 5.75 Å². The van der Waals surface area contributed by atoms with Crippen molar-refractivity contribution in [2.75, 3.05) is 24.2 Å². The van der Waals surface area contributed by atoms with Crippen molar-refractivity contribution in [2.24, 2.45) is 0 Å². The molecular formula is C23H31ClN2O4S. The lowest BCUT2D eigenvalue weighted by Gasteiger charge is -2.25. The van der Waals surface area contributed by atoms with Gasteiger partial charge in [-0.15, -0.1) is 0 Å². The van der Waals surface area contributed by atoms with Crippen molar-refractivity contribution in [3.05, 3.63) is 57.6 Å². The van der Waals surface area contributed by atoms with Crippen molar-refractivity contribution >= 4 is 33.2 Å². The van der Waals surface area contributed by atoms with Gasteiger partial charge in [0.25, 0.3) is 0 Å². The number of sulfonamides is 1. The molecule has 1 atom stereocenters. The van der Waals surface area contributed by atoms with Crippen molar-refractivity contribution in [1.29, 1.82) is 0 Å². The molecule has 6 nitrogen and oxygen atoms in total. The van der Waals surface area contributed by atoms with Gasteiger partial charge in [-0.3, -0.25) is 9.10 Å². The number of carbonyl (C=O) groups excluding carboxylic acids is 1. The number of hydrogen-bond donors (Lipinski definition) is 1. The zero-order valence-electron chi connectivity index (χ0n) is 19.1. The molecule has 0 bridgehead atoms. The average molecular weight is 467 g/mol. The summed E-state index contributed by atoms with van der Waals surface area (Å²) >= 11 is 6.06. The molecule has 2 aromatic carbocycles. The largest absolute Gasteiger partial charge is 0.496 e. The lowest BCUT2D eigenvalue weighted by atomic mass is 9.93. The third-order valence-corrected chi connectivity index (χ3v) is 6.57. The Balaban J connectivity index is 2.29. The zero-order valence-corrected chi connectivity index (χ0v) is 20.7. The highest BCUT2D eigenvalue weighted by Gasteiger charge is 2.24. The summed E-state index contributed by atoms with van der Waals surface area (Å²) in [6.45, 7) is 9.44. The fourth-order valence-corrected chi connectivity index (χ4v) is 4.61. The maximum Gasteiger partial charge on any atom is 0.241 e. The van der Waals surface area contributed by atoms with E-state index in [0.717, 1.165) is 33.0 Å². The molecule has 0 spiro atoms. The molecule has 0 fully saturated rings. The smallest absolute Gasteiger partial charge is 0.241 e. The van der Waals surface area contributed by atoms with Gasteiger partial charge in [0.15, 0.2) is 0 Å². The van der Waals surface area contributed by atoms with Gasteiger partial charge in [-0.25, -0.2) is 8.42 Å². The number of methoxy groups -OCH3 is 1. The Bertz CT molecular complexity index is 1070. The number of ether oxygens (including phenoxy) is 1. The second-order valence-corrected chi connectivity index (χ2v) is 10.4. The molecule has 0 saturated heterocycles. The van der Waals surface area contributed by atoms with Crippen molar-refractivity contribution < 1.29 is 17.9 Å². The molecule has 0 unspecified atom stereocenters. The van der Waals surface area contributed by atoms with Gasteiger partial charge in [0, 0.05) is 5.02 Å². The highest BCUT2D eigenvalue weighted by atomic mass is 35.5. The quantitative estimate of drug-likeness (QED) is 0.610. The number of benzene rings is 2. The summed E-state index contributed by atoms with van der Waals surface area (Å²) in [5.41, 5.74) is 4.10. The van der Waals surface area contributed by atoms with Gasteiger partial charge < -0.3 is 10.1 Å². The maximum absolute atomic E-state index is 12.8. The molecule has 0 heterocycles. The van der Waals surface area contributed by atoms with Crippen molar-refractivity contribution in [2.45, 2.75) is 46.6 Å². The SMILES string of the molecule is COc1cc(C)c([C@H](C)NC(=O)CN(c2cc(Cl)ccc2C)S(C)(=O)=O)cc1C(C)C.